The van der Waals surface area contributed by atoms with Crippen molar-refractivity contribution < 1.29 is 4.79 Å². The summed E-state index contributed by atoms with van der Waals surface area (Å²) in [6.45, 7) is 2.40. The molecule has 3 N–H and O–H groups in total. The van der Waals surface area contributed by atoms with Gasteiger partial charge < -0.3 is 11.1 Å². The zero-order chi connectivity index (χ0) is 12.8. The summed E-state index contributed by atoms with van der Waals surface area (Å²) in [5.41, 5.74) is 6.23. The first-order valence-electron chi connectivity index (χ1n) is 5.54. The number of anilines is 1. The number of hydrogen-bond donors (Lipinski definition) is 2. The zero-order valence-corrected chi connectivity index (χ0v) is 12.6. The molecule has 0 bridgehead atoms. The Kier molecular flexibility index (Phi) is 6.22. The lowest BCUT2D eigenvalue weighted by atomic mass is 10.0. The van der Waals surface area contributed by atoms with Crippen LogP contribution in [0.3, 0.4) is 0 Å². The molecule has 0 aliphatic carbocycles. The van der Waals surface area contributed by atoms with Gasteiger partial charge in [-0.3, -0.25) is 4.79 Å². The van der Waals surface area contributed by atoms with Crippen LogP contribution in [0, 0.1) is 9.49 Å². The number of carbonyl (C=O) groups is 1. The summed E-state index contributed by atoms with van der Waals surface area (Å²) in [5, 5.41) is 3.37. The normalized spacial score (nSPS) is 12.2. The van der Waals surface area contributed by atoms with Crippen LogP contribution >= 0.6 is 34.2 Å². The summed E-state index contributed by atoms with van der Waals surface area (Å²) < 4.78 is 1.04. The smallest absolute Gasteiger partial charge is 0.228 e. The highest BCUT2D eigenvalue weighted by Gasteiger charge is 2.16. The average molecular weight is 367 g/mol. The Balaban J connectivity index is 2.73. The summed E-state index contributed by atoms with van der Waals surface area (Å²) in [4.78, 5) is 11.9. The Hall–Kier alpha value is -0.330. The van der Waals surface area contributed by atoms with Gasteiger partial charge in [-0.05, 0) is 47.2 Å². The van der Waals surface area contributed by atoms with E-state index in [-0.39, 0.29) is 11.8 Å². The Morgan fingerprint density at radius 1 is 1.59 bits per heavy atom. The molecule has 1 rings (SSSR count). The highest BCUT2D eigenvalue weighted by Crippen LogP contribution is 2.24. The van der Waals surface area contributed by atoms with Crippen molar-refractivity contribution in [2.24, 2.45) is 11.7 Å². The van der Waals surface area contributed by atoms with E-state index in [0.717, 1.165) is 16.4 Å². The number of nitrogens with two attached hydrogens (primary N) is 1. The van der Waals surface area contributed by atoms with Crippen molar-refractivity contribution in [1.82, 2.24) is 0 Å². The molecule has 1 aromatic carbocycles. The second kappa shape index (κ2) is 7.18. The van der Waals surface area contributed by atoms with Crippen LogP contribution in [0.4, 0.5) is 5.69 Å². The number of rotatable bonds is 5. The van der Waals surface area contributed by atoms with Crippen molar-refractivity contribution in [3.05, 3.63) is 26.8 Å². The third-order valence-corrected chi connectivity index (χ3v) is 3.47. The van der Waals surface area contributed by atoms with Gasteiger partial charge in [0.05, 0.1) is 16.6 Å². The predicted molar refractivity (Wildman–Crippen MR) is 80.3 cm³/mol. The molecule has 0 fully saturated rings. The van der Waals surface area contributed by atoms with Crippen molar-refractivity contribution in [2.75, 3.05) is 11.9 Å². The molecule has 0 spiro atoms. The van der Waals surface area contributed by atoms with Crippen LogP contribution in [0.2, 0.25) is 5.02 Å². The average Bonchev–Trinajstić information content (AvgIpc) is 2.29. The van der Waals surface area contributed by atoms with E-state index in [1.54, 1.807) is 0 Å². The highest BCUT2D eigenvalue weighted by molar-refractivity contribution is 14.1. The number of benzene rings is 1. The van der Waals surface area contributed by atoms with Gasteiger partial charge in [-0.25, -0.2) is 0 Å². The van der Waals surface area contributed by atoms with Gasteiger partial charge in [0, 0.05) is 10.1 Å². The van der Waals surface area contributed by atoms with E-state index in [0.29, 0.717) is 17.3 Å². The lowest BCUT2D eigenvalue weighted by Gasteiger charge is -2.14. The second-order valence-electron chi connectivity index (χ2n) is 3.83. The molecule has 1 unspecified atom stereocenters. The first-order valence-corrected chi connectivity index (χ1v) is 7.00. The molecular weight excluding hydrogens is 351 g/mol. The molecule has 0 saturated carbocycles. The molecule has 1 aromatic rings. The van der Waals surface area contributed by atoms with Gasteiger partial charge in [0.2, 0.25) is 5.91 Å². The summed E-state index contributed by atoms with van der Waals surface area (Å²) in [6, 6.07) is 5.52. The lowest BCUT2D eigenvalue weighted by molar-refractivity contribution is -0.119. The fraction of sp³-hybridized carbons (Fsp3) is 0.417. The second-order valence-corrected chi connectivity index (χ2v) is 5.49. The summed E-state index contributed by atoms with van der Waals surface area (Å²) in [7, 11) is 0. The molecule has 0 aromatic heterocycles. The molecular formula is C12H16ClIN2O. The molecule has 0 saturated heterocycles. The van der Waals surface area contributed by atoms with Crippen molar-refractivity contribution in [3.8, 4) is 0 Å². The number of halogens is 2. The maximum Gasteiger partial charge on any atom is 0.228 e. The Bertz CT molecular complexity index is 398. The van der Waals surface area contributed by atoms with Gasteiger partial charge >= 0.3 is 0 Å². The molecule has 0 aliphatic heterocycles. The molecule has 5 heteroatoms. The predicted octanol–water partition coefficient (Wildman–Crippen LogP) is 3.26. The lowest BCUT2D eigenvalue weighted by Crippen LogP contribution is -2.29. The zero-order valence-electron chi connectivity index (χ0n) is 9.67. The van der Waals surface area contributed by atoms with Crippen LogP contribution in [0.1, 0.15) is 19.8 Å². The van der Waals surface area contributed by atoms with Crippen molar-refractivity contribution in [2.45, 2.75) is 19.8 Å². The summed E-state index contributed by atoms with van der Waals surface area (Å²) >= 11 is 8.22. The van der Waals surface area contributed by atoms with Gasteiger partial charge in [0.1, 0.15) is 0 Å². The number of amides is 1. The molecule has 1 atom stereocenters. The molecule has 1 amide bonds. The van der Waals surface area contributed by atoms with Crippen LogP contribution in [0.15, 0.2) is 18.2 Å². The summed E-state index contributed by atoms with van der Waals surface area (Å²) in [6.07, 6.45) is 1.74. The minimum absolute atomic E-state index is 0.0579. The maximum absolute atomic E-state index is 11.9. The molecule has 0 heterocycles. The fourth-order valence-electron chi connectivity index (χ4n) is 1.53. The van der Waals surface area contributed by atoms with E-state index >= 15 is 0 Å². The first kappa shape index (κ1) is 14.7. The minimum atomic E-state index is -0.143. The van der Waals surface area contributed by atoms with Crippen LogP contribution in [0.5, 0.6) is 0 Å². The van der Waals surface area contributed by atoms with E-state index in [1.165, 1.54) is 0 Å². The highest BCUT2D eigenvalue weighted by atomic mass is 127. The molecule has 0 radical (unpaired) electrons. The minimum Gasteiger partial charge on any atom is -0.330 e. The van der Waals surface area contributed by atoms with Crippen molar-refractivity contribution >= 4 is 45.8 Å². The molecule has 17 heavy (non-hydrogen) atoms. The van der Waals surface area contributed by atoms with E-state index in [4.69, 9.17) is 17.3 Å². The van der Waals surface area contributed by atoms with Crippen LogP contribution < -0.4 is 11.1 Å². The van der Waals surface area contributed by atoms with Crippen molar-refractivity contribution in [3.63, 3.8) is 0 Å². The van der Waals surface area contributed by atoms with Gasteiger partial charge in [-0.15, -0.1) is 0 Å². The van der Waals surface area contributed by atoms with E-state index in [2.05, 4.69) is 27.9 Å². The SMILES string of the molecule is CCCC(CN)C(=O)Nc1ccc(I)cc1Cl. The van der Waals surface area contributed by atoms with E-state index in [1.807, 2.05) is 25.1 Å². The van der Waals surface area contributed by atoms with E-state index in [9.17, 15) is 4.79 Å². The Morgan fingerprint density at radius 3 is 2.82 bits per heavy atom. The standard InChI is InChI=1S/C12H16ClIN2O/c1-2-3-8(7-15)12(17)16-11-5-4-9(14)6-10(11)13/h4-6,8H,2-3,7,15H2,1H3,(H,16,17). The monoisotopic (exact) mass is 366 g/mol. The van der Waals surface area contributed by atoms with Crippen LogP contribution in [-0.2, 0) is 4.79 Å². The summed E-state index contributed by atoms with van der Waals surface area (Å²) in [5.74, 6) is -0.201. The number of nitrogens with one attached hydrogen (secondary N) is 1. The van der Waals surface area contributed by atoms with Crippen molar-refractivity contribution in [1.29, 1.82) is 0 Å². The largest absolute Gasteiger partial charge is 0.330 e. The van der Waals surface area contributed by atoms with E-state index < -0.39 is 0 Å². The number of hydrogen-bond acceptors (Lipinski definition) is 2. The third kappa shape index (κ3) is 4.44. The quantitative estimate of drug-likeness (QED) is 0.786. The molecule has 94 valence electrons. The van der Waals surface area contributed by atoms with Gasteiger partial charge in [0.15, 0.2) is 0 Å². The van der Waals surface area contributed by atoms with Gasteiger partial charge in [-0.1, -0.05) is 24.9 Å². The molecule has 3 nitrogen and oxygen atoms in total. The first-order chi connectivity index (χ1) is 8.08. The maximum atomic E-state index is 11.9. The fourth-order valence-corrected chi connectivity index (χ4v) is 2.43. The van der Waals surface area contributed by atoms with Gasteiger partial charge in [-0.2, -0.15) is 0 Å². The van der Waals surface area contributed by atoms with Gasteiger partial charge in [0.25, 0.3) is 0 Å². The molecule has 0 aliphatic rings. The third-order valence-electron chi connectivity index (χ3n) is 2.48. The topological polar surface area (TPSA) is 55.1 Å². The van der Waals surface area contributed by atoms with Crippen LogP contribution in [-0.4, -0.2) is 12.5 Å². The number of carbonyl (C=O) groups excluding carboxylic acids is 1. The Morgan fingerprint density at radius 2 is 2.29 bits per heavy atom. The Labute approximate surface area is 120 Å². The van der Waals surface area contributed by atoms with Crippen LogP contribution in [0.25, 0.3) is 0 Å².